The molecule has 3 heteroatoms. The fraction of sp³-hybridized carbons (Fsp3) is 0.667. The Bertz CT molecular complexity index is 207. The van der Waals surface area contributed by atoms with Gasteiger partial charge in [0.2, 0.25) is 0 Å². The van der Waals surface area contributed by atoms with Gasteiger partial charge in [-0.3, -0.25) is 4.90 Å². The SMILES string of the molecule is C=C(C#N)CN1CCCC(O)C1. The van der Waals surface area contributed by atoms with Crippen LogP contribution in [-0.4, -0.2) is 35.7 Å². The van der Waals surface area contributed by atoms with Crippen LogP contribution in [0.4, 0.5) is 0 Å². The molecule has 1 fully saturated rings. The molecule has 0 aromatic carbocycles. The van der Waals surface area contributed by atoms with Crippen LogP contribution in [0.15, 0.2) is 12.2 Å². The number of rotatable bonds is 2. The Morgan fingerprint density at radius 2 is 2.50 bits per heavy atom. The van der Waals surface area contributed by atoms with Crippen LogP contribution in [0.5, 0.6) is 0 Å². The van der Waals surface area contributed by atoms with Crippen molar-refractivity contribution >= 4 is 0 Å². The molecule has 1 heterocycles. The van der Waals surface area contributed by atoms with E-state index in [-0.39, 0.29) is 6.10 Å². The first-order valence-corrected chi connectivity index (χ1v) is 4.20. The van der Waals surface area contributed by atoms with Crippen molar-refractivity contribution in [1.29, 1.82) is 5.26 Å². The molecule has 1 N–H and O–H groups in total. The molecule has 1 unspecified atom stereocenters. The summed E-state index contributed by atoms with van der Waals surface area (Å²) >= 11 is 0. The fourth-order valence-electron chi connectivity index (χ4n) is 1.48. The third kappa shape index (κ3) is 2.65. The maximum atomic E-state index is 9.31. The van der Waals surface area contributed by atoms with E-state index >= 15 is 0 Å². The number of aliphatic hydroxyl groups is 1. The second-order valence-electron chi connectivity index (χ2n) is 3.25. The molecule has 0 bridgehead atoms. The van der Waals surface area contributed by atoms with Gasteiger partial charge in [0, 0.05) is 18.7 Å². The van der Waals surface area contributed by atoms with E-state index in [1.54, 1.807) is 0 Å². The third-order valence-electron chi connectivity index (χ3n) is 2.05. The molecule has 0 aliphatic carbocycles. The lowest BCUT2D eigenvalue weighted by molar-refractivity contribution is 0.0763. The highest BCUT2D eigenvalue weighted by molar-refractivity contribution is 5.17. The quantitative estimate of drug-likeness (QED) is 0.608. The molecule has 1 aliphatic heterocycles. The molecule has 3 nitrogen and oxygen atoms in total. The Morgan fingerprint density at radius 1 is 1.75 bits per heavy atom. The Balaban J connectivity index is 2.33. The molecule has 0 saturated carbocycles. The number of nitriles is 1. The third-order valence-corrected chi connectivity index (χ3v) is 2.05. The van der Waals surface area contributed by atoms with E-state index in [1.807, 2.05) is 6.07 Å². The van der Waals surface area contributed by atoms with E-state index in [2.05, 4.69) is 11.5 Å². The van der Waals surface area contributed by atoms with Crippen LogP contribution in [-0.2, 0) is 0 Å². The van der Waals surface area contributed by atoms with Crippen molar-refractivity contribution in [3.8, 4) is 6.07 Å². The van der Waals surface area contributed by atoms with E-state index in [0.29, 0.717) is 18.7 Å². The Kier molecular flexibility index (Phi) is 3.27. The maximum absolute atomic E-state index is 9.31. The fourth-order valence-corrected chi connectivity index (χ4v) is 1.48. The van der Waals surface area contributed by atoms with Gasteiger partial charge in [0.25, 0.3) is 0 Å². The molecule has 66 valence electrons. The molecule has 1 saturated heterocycles. The van der Waals surface area contributed by atoms with Crippen LogP contribution in [0.2, 0.25) is 0 Å². The molecule has 0 aromatic rings. The van der Waals surface area contributed by atoms with Gasteiger partial charge in [0.1, 0.15) is 0 Å². The van der Waals surface area contributed by atoms with Gasteiger partial charge in [-0.15, -0.1) is 0 Å². The lowest BCUT2D eigenvalue weighted by Gasteiger charge is -2.29. The van der Waals surface area contributed by atoms with Gasteiger partial charge in [-0.05, 0) is 19.4 Å². The molecule has 1 rings (SSSR count). The van der Waals surface area contributed by atoms with Gasteiger partial charge in [0.05, 0.1) is 12.2 Å². The Morgan fingerprint density at radius 3 is 3.08 bits per heavy atom. The van der Waals surface area contributed by atoms with Crippen LogP contribution >= 0.6 is 0 Å². The predicted octanol–water partition coefficient (Wildman–Crippen LogP) is 0.523. The highest BCUT2D eigenvalue weighted by atomic mass is 16.3. The maximum Gasteiger partial charge on any atom is 0.0954 e. The number of nitrogens with zero attached hydrogens (tertiary/aromatic N) is 2. The molecule has 0 aromatic heterocycles. The standard InChI is InChI=1S/C9H14N2O/c1-8(5-10)6-11-4-2-3-9(12)7-11/h9,12H,1-4,6-7H2. The van der Waals surface area contributed by atoms with Crippen molar-refractivity contribution in [2.45, 2.75) is 18.9 Å². The molecule has 0 radical (unpaired) electrons. The highest BCUT2D eigenvalue weighted by Gasteiger charge is 2.17. The van der Waals surface area contributed by atoms with E-state index in [4.69, 9.17) is 5.26 Å². The van der Waals surface area contributed by atoms with Gasteiger partial charge in [0.15, 0.2) is 0 Å². The van der Waals surface area contributed by atoms with Crippen LogP contribution in [0, 0.1) is 11.3 Å². The molecule has 12 heavy (non-hydrogen) atoms. The Hall–Kier alpha value is -0.850. The number of β-amino-alcohol motifs (C(OH)–C–C–N with tert-alkyl or cyclic N) is 1. The number of aliphatic hydroxyl groups excluding tert-OH is 1. The van der Waals surface area contributed by atoms with Crippen molar-refractivity contribution < 1.29 is 5.11 Å². The number of hydrogen-bond acceptors (Lipinski definition) is 3. The summed E-state index contributed by atoms with van der Waals surface area (Å²) in [6.45, 7) is 5.86. The van der Waals surface area contributed by atoms with Crippen molar-refractivity contribution in [2.75, 3.05) is 19.6 Å². The lowest BCUT2D eigenvalue weighted by Crippen LogP contribution is -2.39. The molecule has 1 aliphatic rings. The second kappa shape index (κ2) is 4.24. The number of likely N-dealkylation sites (tertiary alicyclic amines) is 1. The largest absolute Gasteiger partial charge is 0.392 e. The van der Waals surface area contributed by atoms with E-state index in [0.717, 1.165) is 19.4 Å². The van der Waals surface area contributed by atoms with Crippen LogP contribution in [0.25, 0.3) is 0 Å². The summed E-state index contributed by atoms with van der Waals surface area (Å²) in [5, 5.41) is 17.8. The van der Waals surface area contributed by atoms with Crippen molar-refractivity contribution in [1.82, 2.24) is 4.90 Å². The molecule has 1 atom stereocenters. The molecule has 0 amide bonds. The first-order chi connectivity index (χ1) is 5.72. The zero-order valence-electron chi connectivity index (χ0n) is 7.16. The smallest absolute Gasteiger partial charge is 0.0954 e. The molecular weight excluding hydrogens is 152 g/mol. The highest BCUT2D eigenvalue weighted by Crippen LogP contribution is 2.10. The zero-order valence-corrected chi connectivity index (χ0v) is 7.16. The van der Waals surface area contributed by atoms with Gasteiger partial charge in [-0.2, -0.15) is 5.26 Å². The van der Waals surface area contributed by atoms with Gasteiger partial charge in [-0.25, -0.2) is 0 Å². The van der Waals surface area contributed by atoms with Gasteiger partial charge >= 0.3 is 0 Å². The van der Waals surface area contributed by atoms with E-state index in [9.17, 15) is 5.11 Å². The summed E-state index contributed by atoms with van der Waals surface area (Å²) in [4.78, 5) is 2.07. The van der Waals surface area contributed by atoms with E-state index < -0.39 is 0 Å². The molecule has 0 spiro atoms. The van der Waals surface area contributed by atoms with Gasteiger partial charge in [-0.1, -0.05) is 6.58 Å². The first-order valence-electron chi connectivity index (χ1n) is 4.20. The topological polar surface area (TPSA) is 47.3 Å². The van der Waals surface area contributed by atoms with Crippen LogP contribution in [0.1, 0.15) is 12.8 Å². The minimum absolute atomic E-state index is 0.217. The summed E-state index contributed by atoms with van der Waals surface area (Å²) in [5.74, 6) is 0. The summed E-state index contributed by atoms with van der Waals surface area (Å²) in [6, 6.07) is 2.01. The van der Waals surface area contributed by atoms with Crippen molar-refractivity contribution in [3.63, 3.8) is 0 Å². The normalized spacial score (nSPS) is 24.8. The van der Waals surface area contributed by atoms with Crippen molar-refractivity contribution in [2.24, 2.45) is 0 Å². The predicted molar refractivity (Wildman–Crippen MR) is 46.4 cm³/mol. The summed E-state index contributed by atoms with van der Waals surface area (Å²) < 4.78 is 0. The first kappa shape index (κ1) is 9.24. The number of hydrogen-bond donors (Lipinski definition) is 1. The summed E-state index contributed by atoms with van der Waals surface area (Å²) in [7, 11) is 0. The molecular formula is C9H14N2O. The average Bonchev–Trinajstić information content (AvgIpc) is 2.04. The van der Waals surface area contributed by atoms with Crippen molar-refractivity contribution in [3.05, 3.63) is 12.2 Å². The zero-order chi connectivity index (χ0) is 8.97. The van der Waals surface area contributed by atoms with E-state index in [1.165, 1.54) is 0 Å². The Labute approximate surface area is 72.9 Å². The van der Waals surface area contributed by atoms with Crippen LogP contribution < -0.4 is 0 Å². The number of piperidine rings is 1. The van der Waals surface area contributed by atoms with Gasteiger partial charge < -0.3 is 5.11 Å². The summed E-state index contributed by atoms with van der Waals surface area (Å²) in [5.41, 5.74) is 0.573. The monoisotopic (exact) mass is 166 g/mol. The summed E-state index contributed by atoms with van der Waals surface area (Å²) in [6.07, 6.45) is 1.68. The minimum Gasteiger partial charge on any atom is -0.392 e. The second-order valence-corrected chi connectivity index (χ2v) is 3.25. The lowest BCUT2D eigenvalue weighted by atomic mass is 10.1. The van der Waals surface area contributed by atoms with Crippen LogP contribution in [0.3, 0.4) is 0 Å². The minimum atomic E-state index is -0.217. The average molecular weight is 166 g/mol.